The van der Waals surface area contributed by atoms with Gasteiger partial charge in [0.05, 0.1) is 0 Å². The fourth-order valence-corrected chi connectivity index (χ4v) is 2.63. The summed E-state index contributed by atoms with van der Waals surface area (Å²) in [5.41, 5.74) is 6.28. The maximum absolute atomic E-state index is 12.6. The van der Waals surface area contributed by atoms with Crippen molar-refractivity contribution in [3.8, 4) is 11.4 Å². The summed E-state index contributed by atoms with van der Waals surface area (Å²) in [7, 11) is 0. The lowest BCUT2D eigenvalue weighted by Crippen LogP contribution is -2.43. The Labute approximate surface area is 124 Å². The zero-order valence-electron chi connectivity index (χ0n) is 11.6. The highest BCUT2D eigenvalue weighted by Gasteiger charge is 2.33. The molecule has 0 bridgehead atoms. The molecule has 3 N–H and O–H groups in total. The predicted molar refractivity (Wildman–Crippen MR) is 75.8 cm³/mol. The molecule has 0 unspecified atom stereocenters. The molecule has 0 spiro atoms. The SMILES string of the molecule is NC(=O)[C@@H]1CCCN1C(=O)c1cccc(-c2noc(=O)[nH]2)c1. The number of primary amides is 1. The highest BCUT2D eigenvalue weighted by Crippen LogP contribution is 2.22. The van der Waals surface area contributed by atoms with E-state index in [2.05, 4.69) is 14.7 Å². The van der Waals surface area contributed by atoms with Gasteiger partial charge < -0.3 is 10.6 Å². The second-order valence-corrected chi connectivity index (χ2v) is 5.08. The lowest BCUT2D eigenvalue weighted by molar-refractivity contribution is -0.121. The van der Waals surface area contributed by atoms with Crippen LogP contribution in [0.4, 0.5) is 0 Å². The van der Waals surface area contributed by atoms with Crippen molar-refractivity contribution in [1.82, 2.24) is 15.0 Å². The van der Waals surface area contributed by atoms with E-state index in [1.54, 1.807) is 24.3 Å². The number of carbonyl (C=O) groups excluding carboxylic acids is 2. The maximum atomic E-state index is 12.6. The van der Waals surface area contributed by atoms with Crippen LogP contribution in [-0.2, 0) is 4.79 Å². The molecule has 1 aliphatic heterocycles. The van der Waals surface area contributed by atoms with Crippen molar-refractivity contribution < 1.29 is 14.1 Å². The summed E-state index contributed by atoms with van der Waals surface area (Å²) in [5, 5.41) is 3.59. The molecule has 2 heterocycles. The van der Waals surface area contributed by atoms with Gasteiger partial charge in [0.25, 0.3) is 5.91 Å². The van der Waals surface area contributed by atoms with E-state index in [-0.39, 0.29) is 11.7 Å². The van der Waals surface area contributed by atoms with Crippen molar-refractivity contribution in [3.63, 3.8) is 0 Å². The van der Waals surface area contributed by atoms with Crippen LogP contribution < -0.4 is 11.5 Å². The number of aromatic nitrogens is 2. The lowest BCUT2D eigenvalue weighted by Gasteiger charge is -2.22. The van der Waals surface area contributed by atoms with E-state index in [1.807, 2.05) is 0 Å². The second kappa shape index (κ2) is 5.47. The van der Waals surface area contributed by atoms with Crippen LogP contribution in [0.2, 0.25) is 0 Å². The van der Waals surface area contributed by atoms with E-state index in [9.17, 15) is 14.4 Å². The van der Waals surface area contributed by atoms with Gasteiger partial charge in [0.15, 0.2) is 5.82 Å². The fourth-order valence-electron chi connectivity index (χ4n) is 2.63. The van der Waals surface area contributed by atoms with Gasteiger partial charge in [-0.05, 0) is 25.0 Å². The molecule has 3 rings (SSSR count). The fraction of sp³-hybridized carbons (Fsp3) is 0.286. The Kier molecular flexibility index (Phi) is 3.50. The molecule has 2 amide bonds. The summed E-state index contributed by atoms with van der Waals surface area (Å²) in [5.74, 6) is -1.19. The summed E-state index contributed by atoms with van der Waals surface area (Å²) < 4.78 is 4.45. The largest absolute Gasteiger partial charge is 0.439 e. The number of hydrogen-bond donors (Lipinski definition) is 2. The Morgan fingerprint density at radius 2 is 2.23 bits per heavy atom. The first kappa shape index (κ1) is 14.1. The third kappa shape index (κ3) is 2.50. The van der Waals surface area contributed by atoms with Crippen molar-refractivity contribution in [1.29, 1.82) is 0 Å². The minimum absolute atomic E-state index is 0.243. The number of H-pyrrole nitrogens is 1. The van der Waals surface area contributed by atoms with E-state index in [4.69, 9.17) is 5.73 Å². The molecule has 0 aliphatic carbocycles. The molecule has 8 nitrogen and oxygen atoms in total. The molecule has 22 heavy (non-hydrogen) atoms. The van der Waals surface area contributed by atoms with E-state index in [0.717, 1.165) is 6.42 Å². The number of aromatic amines is 1. The van der Waals surface area contributed by atoms with Crippen LogP contribution in [0.15, 0.2) is 33.6 Å². The minimum Gasteiger partial charge on any atom is -0.368 e. The van der Waals surface area contributed by atoms with Crippen molar-refractivity contribution in [2.75, 3.05) is 6.54 Å². The van der Waals surface area contributed by atoms with Crippen LogP contribution in [-0.4, -0.2) is 39.4 Å². The third-order valence-electron chi connectivity index (χ3n) is 3.67. The van der Waals surface area contributed by atoms with Crippen molar-refractivity contribution in [2.24, 2.45) is 5.73 Å². The molecule has 1 saturated heterocycles. The van der Waals surface area contributed by atoms with Gasteiger partial charge in [-0.15, -0.1) is 0 Å². The van der Waals surface area contributed by atoms with Crippen LogP contribution in [0.1, 0.15) is 23.2 Å². The molecular formula is C14H14N4O4. The molecule has 1 atom stereocenters. The Balaban J connectivity index is 1.90. The van der Waals surface area contributed by atoms with Crippen LogP contribution in [0, 0.1) is 0 Å². The Morgan fingerprint density at radius 3 is 2.91 bits per heavy atom. The molecule has 0 radical (unpaired) electrons. The quantitative estimate of drug-likeness (QED) is 0.833. The first-order chi connectivity index (χ1) is 10.6. The number of hydrogen-bond acceptors (Lipinski definition) is 5. The van der Waals surface area contributed by atoms with Gasteiger partial charge in [-0.1, -0.05) is 17.3 Å². The van der Waals surface area contributed by atoms with Crippen molar-refractivity contribution >= 4 is 11.8 Å². The van der Waals surface area contributed by atoms with Crippen molar-refractivity contribution in [2.45, 2.75) is 18.9 Å². The molecule has 1 fully saturated rings. The molecule has 2 aromatic rings. The van der Waals surface area contributed by atoms with Gasteiger partial charge in [-0.3, -0.25) is 19.1 Å². The monoisotopic (exact) mass is 302 g/mol. The molecule has 0 saturated carbocycles. The van der Waals surface area contributed by atoms with Crippen LogP contribution in [0.25, 0.3) is 11.4 Å². The van der Waals surface area contributed by atoms with Gasteiger partial charge in [-0.2, -0.15) is 0 Å². The number of nitrogens with two attached hydrogens (primary N) is 1. The number of rotatable bonds is 3. The van der Waals surface area contributed by atoms with Crippen LogP contribution >= 0.6 is 0 Å². The predicted octanol–water partition coefficient (Wildman–Crippen LogP) is 0.120. The van der Waals surface area contributed by atoms with Crippen LogP contribution in [0.5, 0.6) is 0 Å². The number of likely N-dealkylation sites (tertiary alicyclic amines) is 1. The third-order valence-corrected chi connectivity index (χ3v) is 3.67. The number of nitrogens with one attached hydrogen (secondary N) is 1. The number of amides is 2. The normalized spacial score (nSPS) is 17.6. The second-order valence-electron chi connectivity index (χ2n) is 5.08. The van der Waals surface area contributed by atoms with Crippen LogP contribution in [0.3, 0.4) is 0 Å². The average Bonchev–Trinajstić information content (AvgIpc) is 3.15. The van der Waals surface area contributed by atoms with E-state index in [0.29, 0.717) is 24.1 Å². The molecule has 1 aromatic heterocycles. The van der Waals surface area contributed by atoms with Crippen molar-refractivity contribution in [3.05, 3.63) is 40.4 Å². The smallest absolute Gasteiger partial charge is 0.368 e. The number of nitrogens with zero attached hydrogens (tertiary/aromatic N) is 2. The summed E-state index contributed by atoms with van der Waals surface area (Å²) in [6.45, 7) is 0.497. The Hall–Kier alpha value is -2.90. The standard InChI is InChI=1S/C14H14N4O4/c15-11(19)10-5-2-6-18(10)13(20)9-4-1-3-8(7-9)12-16-14(21)22-17-12/h1,3-4,7,10H,2,5-6H2,(H2,15,19)(H,16,17,21)/t10-/m0/s1. The van der Waals surface area contributed by atoms with E-state index >= 15 is 0 Å². The summed E-state index contributed by atoms with van der Waals surface area (Å²) in [4.78, 5) is 38.9. The van der Waals surface area contributed by atoms with Gasteiger partial charge in [0.1, 0.15) is 6.04 Å². The number of benzene rings is 1. The lowest BCUT2D eigenvalue weighted by atomic mass is 10.1. The van der Waals surface area contributed by atoms with E-state index < -0.39 is 17.7 Å². The zero-order valence-corrected chi connectivity index (χ0v) is 11.6. The Morgan fingerprint density at radius 1 is 1.41 bits per heavy atom. The molecule has 1 aromatic carbocycles. The van der Waals surface area contributed by atoms with Gasteiger partial charge in [-0.25, -0.2) is 4.79 Å². The first-order valence-electron chi connectivity index (χ1n) is 6.83. The maximum Gasteiger partial charge on any atom is 0.439 e. The van der Waals surface area contributed by atoms with Gasteiger partial charge in [0.2, 0.25) is 5.91 Å². The summed E-state index contributed by atoms with van der Waals surface area (Å²) >= 11 is 0. The molecule has 8 heteroatoms. The summed E-state index contributed by atoms with van der Waals surface area (Å²) in [6, 6.07) is 6.03. The zero-order chi connectivity index (χ0) is 15.7. The Bertz CT molecular complexity index is 779. The number of carbonyl (C=O) groups is 2. The van der Waals surface area contributed by atoms with Gasteiger partial charge in [0, 0.05) is 17.7 Å². The minimum atomic E-state index is -0.667. The molecular weight excluding hydrogens is 288 g/mol. The van der Waals surface area contributed by atoms with E-state index in [1.165, 1.54) is 4.90 Å². The first-order valence-corrected chi connectivity index (χ1v) is 6.83. The highest BCUT2D eigenvalue weighted by atomic mass is 16.5. The molecule has 1 aliphatic rings. The topological polar surface area (TPSA) is 122 Å². The average molecular weight is 302 g/mol. The summed E-state index contributed by atoms with van der Waals surface area (Å²) in [6.07, 6.45) is 1.33. The molecule has 114 valence electrons. The van der Waals surface area contributed by atoms with Gasteiger partial charge >= 0.3 is 5.76 Å². The highest BCUT2D eigenvalue weighted by molar-refractivity contribution is 5.98.